The first kappa shape index (κ1) is 19.8. The van der Waals surface area contributed by atoms with Gasteiger partial charge in [-0.25, -0.2) is 0 Å². The van der Waals surface area contributed by atoms with Crippen molar-refractivity contribution in [3.8, 4) is 5.75 Å². The lowest BCUT2D eigenvalue weighted by Crippen LogP contribution is -2.54. The Morgan fingerprint density at radius 2 is 1.79 bits per heavy atom. The first-order valence-electron chi connectivity index (χ1n) is 9.16. The predicted molar refractivity (Wildman–Crippen MR) is 114 cm³/mol. The third-order valence-electron chi connectivity index (χ3n) is 4.29. The molecule has 1 aliphatic rings. The number of benzene rings is 2. The molecular weight excluding hydrogens is 372 g/mol. The highest BCUT2D eigenvalue weighted by Crippen LogP contribution is 2.26. The Morgan fingerprint density at radius 3 is 2.43 bits per heavy atom. The molecular formula is C22H22N2O3S. The smallest absolute Gasteiger partial charge is 0.270 e. The molecule has 5 nitrogen and oxygen atoms in total. The van der Waals surface area contributed by atoms with Gasteiger partial charge < -0.3 is 4.74 Å². The summed E-state index contributed by atoms with van der Waals surface area (Å²) in [5.74, 6) is -0.370. The summed E-state index contributed by atoms with van der Waals surface area (Å²) in [6.45, 7) is 5.90. The Hall–Kier alpha value is -2.99. The van der Waals surface area contributed by atoms with Crippen LogP contribution in [0.3, 0.4) is 0 Å². The van der Waals surface area contributed by atoms with E-state index in [0.717, 1.165) is 12.0 Å². The summed E-state index contributed by atoms with van der Waals surface area (Å²) in [5.41, 5.74) is 2.43. The van der Waals surface area contributed by atoms with Crippen LogP contribution in [0, 0.1) is 0 Å². The number of nitrogens with zero attached hydrogens (tertiary/aromatic N) is 1. The molecule has 1 heterocycles. The SMILES string of the molecule is CCc1ccc(N2C(=O)/C(=C/c3ccccc3OC(C)C)C(=O)NC2=S)cc1. The van der Waals surface area contributed by atoms with Gasteiger partial charge in [0.05, 0.1) is 11.8 Å². The van der Waals surface area contributed by atoms with Gasteiger partial charge in [-0.1, -0.05) is 37.3 Å². The second-order valence-electron chi connectivity index (χ2n) is 6.68. The second-order valence-corrected chi connectivity index (χ2v) is 7.07. The Kier molecular flexibility index (Phi) is 5.90. The number of amides is 2. The van der Waals surface area contributed by atoms with Crippen LogP contribution < -0.4 is 15.0 Å². The lowest BCUT2D eigenvalue weighted by molar-refractivity contribution is -0.122. The van der Waals surface area contributed by atoms with Gasteiger partial charge in [-0.05, 0) is 62.3 Å². The van der Waals surface area contributed by atoms with Crippen molar-refractivity contribution in [3.63, 3.8) is 0 Å². The number of nitrogens with one attached hydrogen (secondary N) is 1. The molecule has 0 radical (unpaired) electrons. The van der Waals surface area contributed by atoms with Crippen LogP contribution in [-0.2, 0) is 16.0 Å². The molecule has 1 saturated heterocycles. The van der Waals surface area contributed by atoms with Gasteiger partial charge in [0.2, 0.25) is 0 Å². The van der Waals surface area contributed by atoms with Gasteiger partial charge >= 0.3 is 0 Å². The molecule has 2 aromatic carbocycles. The molecule has 0 saturated carbocycles. The van der Waals surface area contributed by atoms with E-state index in [-0.39, 0.29) is 16.8 Å². The molecule has 0 spiro atoms. The van der Waals surface area contributed by atoms with Crippen molar-refractivity contribution in [2.24, 2.45) is 0 Å². The van der Waals surface area contributed by atoms with Gasteiger partial charge in [-0.15, -0.1) is 0 Å². The molecule has 144 valence electrons. The van der Waals surface area contributed by atoms with E-state index >= 15 is 0 Å². The first-order chi connectivity index (χ1) is 13.4. The summed E-state index contributed by atoms with van der Waals surface area (Å²) in [5, 5.41) is 2.68. The number of para-hydroxylation sites is 1. The molecule has 28 heavy (non-hydrogen) atoms. The fourth-order valence-electron chi connectivity index (χ4n) is 2.89. The van der Waals surface area contributed by atoms with Crippen LogP contribution in [0.25, 0.3) is 6.08 Å². The molecule has 3 rings (SSSR count). The number of rotatable bonds is 5. The van der Waals surface area contributed by atoms with Crippen LogP contribution in [0.5, 0.6) is 5.75 Å². The molecule has 1 aliphatic heterocycles. The third-order valence-corrected chi connectivity index (χ3v) is 4.57. The molecule has 0 unspecified atom stereocenters. The molecule has 2 aromatic rings. The fourth-order valence-corrected chi connectivity index (χ4v) is 3.17. The van der Waals surface area contributed by atoms with Gasteiger partial charge in [0.15, 0.2) is 5.11 Å². The summed E-state index contributed by atoms with van der Waals surface area (Å²) in [7, 11) is 0. The van der Waals surface area contributed by atoms with Crippen molar-refractivity contribution in [1.82, 2.24) is 5.32 Å². The van der Waals surface area contributed by atoms with Crippen molar-refractivity contribution in [1.29, 1.82) is 0 Å². The number of thiocarbonyl (C=S) groups is 1. The van der Waals surface area contributed by atoms with E-state index in [1.54, 1.807) is 12.1 Å². The van der Waals surface area contributed by atoms with Crippen molar-refractivity contribution >= 4 is 40.9 Å². The zero-order chi connectivity index (χ0) is 20.3. The highest BCUT2D eigenvalue weighted by molar-refractivity contribution is 7.80. The molecule has 6 heteroatoms. The topological polar surface area (TPSA) is 58.6 Å². The molecule has 0 aliphatic carbocycles. The van der Waals surface area contributed by atoms with E-state index in [1.807, 2.05) is 56.3 Å². The van der Waals surface area contributed by atoms with E-state index in [2.05, 4.69) is 12.2 Å². The van der Waals surface area contributed by atoms with Crippen molar-refractivity contribution in [2.75, 3.05) is 4.90 Å². The van der Waals surface area contributed by atoms with Crippen LogP contribution >= 0.6 is 12.2 Å². The minimum Gasteiger partial charge on any atom is -0.490 e. The van der Waals surface area contributed by atoms with Gasteiger partial charge in [-0.3, -0.25) is 19.8 Å². The monoisotopic (exact) mass is 394 g/mol. The number of hydrogen-bond acceptors (Lipinski definition) is 4. The molecule has 2 amide bonds. The third kappa shape index (κ3) is 4.12. The average molecular weight is 394 g/mol. The molecule has 1 N–H and O–H groups in total. The van der Waals surface area contributed by atoms with E-state index < -0.39 is 11.8 Å². The van der Waals surface area contributed by atoms with Gasteiger partial charge in [-0.2, -0.15) is 0 Å². The summed E-state index contributed by atoms with van der Waals surface area (Å²) in [6.07, 6.45) is 2.41. The summed E-state index contributed by atoms with van der Waals surface area (Å²) >= 11 is 5.25. The zero-order valence-corrected chi connectivity index (χ0v) is 16.9. The average Bonchev–Trinajstić information content (AvgIpc) is 2.66. The highest BCUT2D eigenvalue weighted by atomic mass is 32.1. The molecule has 0 aromatic heterocycles. The van der Waals surface area contributed by atoms with Crippen LogP contribution in [0.4, 0.5) is 5.69 Å². The quantitative estimate of drug-likeness (QED) is 0.475. The maximum absolute atomic E-state index is 13.1. The number of carbonyl (C=O) groups is 2. The Balaban J connectivity index is 1.99. The fraction of sp³-hybridized carbons (Fsp3) is 0.227. The van der Waals surface area contributed by atoms with E-state index in [4.69, 9.17) is 17.0 Å². The lowest BCUT2D eigenvalue weighted by Gasteiger charge is -2.29. The Bertz CT molecular complexity index is 949. The first-order valence-corrected chi connectivity index (χ1v) is 9.57. The second kappa shape index (κ2) is 8.35. The molecule has 0 atom stereocenters. The van der Waals surface area contributed by atoms with E-state index in [0.29, 0.717) is 17.0 Å². The summed E-state index contributed by atoms with van der Waals surface area (Å²) < 4.78 is 5.79. The van der Waals surface area contributed by atoms with E-state index in [9.17, 15) is 9.59 Å². The highest BCUT2D eigenvalue weighted by Gasteiger charge is 2.34. The Morgan fingerprint density at radius 1 is 1.11 bits per heavy atom. The van der Waals surface area contributed by atoms with Gasteiger partial charge in [0.25, 0.3) is 11.8 Å². The van der Waals surface area contributed by atoms with Crippen molar-refractivity contribution in [2.45, 2.75) is 33.3 Å². The van der Waals surface area contributed by atoms with Crippen LogP contribution in [0.15, 0.2) is 54.1 Å². The summed E-state index contributed by atoms with van der Waals surface area (Å²) in [6, 6.07) is 14.8. The summed E-state index contributed by atoms with van der Waals surface area (Å²) in [4.78, 5) is 26.9. The van der Waals surface area contributed by atoms with E-state index in [1.165, 1.54) is 4.90 Å². The van der Waals surface area contributed by atoms with Crippen LogP contribution in [-0.4, -0.2) is 23.0 Å². The largest absolute Gasteiger partial charge is 0.490 e. The lowest BCUT2D eigenvalue weighted by atomic mass is 10.1. The van der Waals surface area contributed by atoms with Crippen LogP contribution in [0.2, 0.25) is 0 Å². The minimum absolute atomic E-state index is 0.00738. The Labute approximate surface area is 170 Å². The number of anilines is 1. The maximum atomic E-state index is 13.1. The number of aryl methyl sites for hydroxylation is 1. The van der Waals surface area contributed by atoms with Gasteiger partial charge in [0.1, 0.15) is 11.3 Å². The van der Waals surface area contributed by atoms with Crippen molar-refractivity contribution in [3.05, 3.63) is 65.2 Å². The molecule has 1 fully saturated rings. The number of ether oxygens (including phenoxy) is 1. The standard InChI is InChI=1S/C22H22N2O3S/c1-4-15-9-11-17(12-10-15)24-21(26)18(20(25)23-22(24)28)13-16-7-5-6-8-19(16)27-14(2)3/h5-14H,4H2,1-3H3,(H,23,25,28)/b18-13+. The van der Waals surface area contributed by atoms with Gasteiger partial charge in [0, 0.05) is 5.56 Å². The maximum Gasteiger partial charge on any atom is 0.270 e. The minimum atomic E-state index is -0.518. The number of carbonyl (C=O) groups excluding carboxylic acids is 2. The number of hydrogen-bond donors (Lipinski definition) is 1. The molecule has 0 bridgehead atoms. The van der Waals surface area contributed by atoms with Crippen LogP contribution in [0.1, 0.15) is 31.9 Å². The van der Waals surface area contributed by atoms with Crippen molar-refractivity contribution < 1.29 is 14.3 Å². The normalized spacial score (nSPS) is 15.9. The predicted octanol–water partition coefficient (Wildman–Crippen LogP) is 3.87. The zero-order valence-electron chi connectivity index (χ0n) is 16.1.